The molecule has 4 heteroatoms. The molecule has 1 fully saturated rings. The van der Waals surface area contributed by atoms with Crippen molar-refractivity contribution in [3.05, 3.63) is 24.3 Å². The summed E-state index contributed by atoms with van der Waals surface area (Å²) in [5.74, 6) is -1.07. The molecular weight excluding hydrogens is 194 g/mol. The number of hydrogen-bond acceptors (Lipinski definition) is 2. The Hall–Kier alpha value is -1.58. The largest absolute Gasteiger partial charge is 0.481 e. The van der Waals surface area contributed by atoms with Gasteiger partial charge in [0.15, 0.2) is 0 Å². The van der Waals surface area contributed by atoms with Crippen LogP contribution in [0, 0.1) is 5.41 Å². The lowest BCUT2D eigenvalue weighted by Gasteiger charge is -2.09. The molecule has 0 radical (unpaired) electrons. The summed E-state index contributed by atoms with van der Waals surface area (Å²) in [5, 5.41) is 11.4. The lowest BCUT2D eigenvalue weighted by Crippen LogP contribution is -2.33. The molecule has 0 aromatic carbocycles. The molecule has 0 aliphatic heterocycles. The summed E-state index contributed by atoms with van der Waals surface area (Å²) in [6.45, 7) is 2.08. The van der Waals surface area contributed by atoms with Crippen molar-refractivity contribution in [3.8, 4) is 0 Å². The van der Waals surface area contributed by atoms with Crippen molar-refractivity contribution in [2.45, 2.75) is 19.8 Å². The van der Waals surface area contributed by atoms with E-state index in [0.29, 0.717) is 12.8 Å². The minimum atomic E-state index is -0.819. The Bertz CT molecular complexity index is 314. The molecule has 15 heavy (non-hydrogen) atoms. The van der Waals surface area contributed by atoms with Gasteiger partial charge in [-0.2, -0.15) is 0 Å². The van der Waals surface area contributed by atoms with Crippen LogP contribution < -0.4 is 5.32 Å². The van der Waals surface area contributed by atoms with Gasteiger partial charge in [0.1, 0.15) is 0 Å². The minimum Gasteiger partial charge on any atom is -0.481 e. The average Bonchev–Trinajstić information content (AvgIpc) is 2.96. The summed E-state index contributed by atoms with van der Waals surface area (Å²) in [6.07, 6.45) is 7.86. The van der Waals surface area contributed by atoms with Crippen LogP contribution in [0.4, 0.5) is 0 Å². The van der Waals surface area contributed by atoms with Crippen molar-refractivity contribution in [2.75, 3.05) is 6.54 Å². The summed E-state index contributed by atoms with van der Waals surface area (Å²) >= 11 is 0. The Balaban J connectivity index is 2.32. The molecule has 82 valence electrons. The first-order chi connectivity index (χ1) is 7.10. The molecule has 1 saturated carbocycles. The molecule has 0 aromatic heterocycles. The highest BCUT2D eigenvalue weighted by atomic mass is 16.4. The van der Waals surface area contributed by atoms with Gasteiger partial charge in [-0.25, -0.2) is 0 Å². The summed E-state index contributed by atoms with van der Waals surface area (Å²) in [7, 11) is 0. The van der Waals surface area contributed by atoms with E-state index in [2.05, 4.69) is 5.32 Å². The molecule has 1 aliphatic rings. The Kier molecular flexibility index (Phi) is 3.66. The van der Waals surface area contributed by atoms with E-state index >= 15 is 0 Å². The van der Waals surface area contributed by atoms with Gasteiger partial charge in [-0.15, -0.1) is 0 Å². The maximum atomic E-state index is 11.2. The van der Waals surface area contributed by atoms with Crippen molar-refractivity contribution in [3.63, 3.8) is 0 Å². The third-order valence-electron chi connectivity index (χ3n) is 2.46. The van der Waals surface area contributed by atoms with E-state index in [0.717, 1.165) is 0 Å². The van der Waals surface area contributed by atoms with E-state index in [9.17, 15) is 9.59 Å². The van der Waals surface area contributed by atoms with Crippen LogP contribution in [0.3, 0.4) is 0 Å². The number of allylic oxidation sites excluding steroid dienone is 3. The third kappa shape index (κ3) is 3.23. The highest BCUT2D eigenvalue weighted by Crippen LogP contribution is 2.45. The zero-order valence-corrected chi connectivity index (χ0v) is 8.69. The molecule has 4 nitrogen and oxygen atoms in total. The van der Waals surface area contributed by atoms with Gasteiger partial charge in [0, 0.05) is 12.6 Å². The first-order valence-corrected chi connectivity index (χ1v) is 4.91. The smallest absolute Gasteiger partial charge is 0.311 e. The first-order valence-electron chi connectivity index (χ1n) is 4.91. The number of hydrogen-bond donors (Lipinski definition) is 2. The van der Waals surface area contributed by atoms with Gasteiger partial charge in [0.2, 0.25) is 5.91 Å². The minimum absolute atomic E-state index is 0.224. The van der Waals surface area contributed by atoms with Gasteiger partial charge >= 0.3 is 5.97 Å². The van der Waals surface area contributed by atoms with Crippen LogP contribution >= 0.6 is 0 Å². The molecule has 1 aliphatic carbocycles. The van der Waals surface area contributed by atoms with Crippen LogP contribution in [0.2, 0.25) is 0 Å². The molecule has 0 atom stereocenters. The normalized spacial score (nSPS) is 18.2. The van der Waals surface area contributed by atoms with Crippen LogP contribution in [-0.4, -0.2) is 23.5 Å². The van der Waals surface area contributed by atoms with Crippen molar-refractivity contribution in [2.24, 2.45) is 5.41 Å². The maximum absolute atomic E-state index is 11.2. The van der Waals surface area contributed by atoms with Crippen LogP contribution in [0.25, 0.3) is 0 Å². The van der Waals surface area contributed by atoms with Crippen molar-refractivity contribution in [1.29, 1.82) is 0 Å². The fourth-order valence-electron chi connectivity index (χ4n) is 1.19. The van der Waals surface area contributed by atoms with E-state index in [1.165, 1.54) is 6.08 Å². The first kappa shape index (κ1) is 11.5. The van der Waals surface area contributed by atoms with E-state index in [1.807, 2.05) is 13.0 Å². The second-order valence-corrected chi connectivity index (χ2v) is 3.69. The summed E-state index contributed by atoms with van der Waals surface area (Å²) in [4.78, 5) is 22.0. The Morgan fingerprint density at radius 1 is 1.40 bits per heavy atom. The van der Waals surface area contributed by atoms with Gasteiger partial charge in [0.05, 0.1) is 5.41 Å². The maximum Gasteiger partial charge on any atom is 0.311 e. The number of amides is 1. The monoisotopic (exact) mass is 209 g/mol. The van der Waals surface area contributed by atoms with Gasteiger partial charge < -0.3 is 10.4 Å². The second kappa shape index (κ2) is 4.77. The Morgan fingerprint density at radius 2 is 2.07 bits per heavy atom. The van der Waals surface area contributed by atoms with Crippen molar-refractivity contribution >= 4 is 11.9 Å². The number of rotatable bonds is 5. The van der Waals surface area contributed by atoms with E-state index < -0.39 is 11.4 Å². The SMILES string of the molecule is CC=CC=CC(=O)NCC1(C(=O)O)CC1. The zero-order valence-electron chi connectivity index (χ0n) is 8.69. The molecule has 0 aromatic rings. The lowest BCUT2D eigenvalue weighted by molar-refractivity contribution is -0.143. The summed E-state index contributed by atoms with van der Waals surface area (Å²) in [5.41, 5.74) is -0.690. The van der Waals surface area contributed by atoms with Gasteiger partial charge in [0.25, 0.3) is 0 Å². The predicted octanol–water partition coefficient (Wildman–Crippen LogP) is 1.10. The number of carbonyl (C=O) groups excluding carboxylic acids is 1. The molecule has 0 saturated heterocycles. The molecular formula is C11H15NO3. The fraction of sp³-hybridized carbons (Fsp3) is 0.455. The average molecular weight is 209 g/mol. The lowest BCUT2D eigenvalue weighted by atomic mass is 10.1. The number of nitrogens with one attached hydrogen (secondary N) is 1. The van der Waals surface area contributed by atoms with E-state index in [1.54, 1.807) is 12.2 Å². The topological polar surface area (TPSA) is 66.4 Å². The van der Waals surface area contributed by atoms with Gasteiger partial charge in [-0.1, -0.05) is 18.2 Å². The van der Waals surface area contributed by atoms with E-state index in [4.69, 9.17) is 5.11 Å². The molecule has 0 spiro atoms. The molecule has 1 rings (SSSR count). The highest BCUT2D eigenvalue weighted by molar-refractivity contribution is 5.88. The van der Waals surface area contributed by atoms with Crippen LogP contribution in [0.15, 0.2) is 24.3 Å². The van der Waals surface area contributed by atoms with Gasteiger partial charge in [-0.05, 0) is 19.8 Å². The fourth-order valence-corrected chi connectivity index (χ4v) is 1.19. The molecule has 0 unspecified atom stereocenters. The van der Waals surface area contributed by atoms with E-state index in [-0.39, 0.29) is 12.5 Å². The van der Waals surface area contributed by atoms with Crippen LogP contribution in [0.5, 0.6) is 0 Å². The number of carboxylic acid groups (broad SMARTS) is 1. The van der Waals surface area contributed by atoms with Gasteiger partial charge in [-0.3, -0.25) is 9.59 Å². The number of carboxylic acids is 1. The summed E-state index contributed by atoms with van der Waals surface area (Å²) < 4.78 is 0. The van der Waals surface area contributed by atoms with Crippen LogP contribution in [0.1, 0.15) is 19.8 Å². The zero-order chi connectivity index (χ0) is 11.3. The second-order valence-electron chi connectivity index (χ2n) is 3.69. The van der Waals surface area contributed by atoms with Crippen LogP contribution in [-0.2, 0) is 9.59 Å². The molecule has 2 N–H and O–H groups in total. The standard InChI is InChI=1S/C11H15NO3/c1-2-3-4-5-9(13)12-8-11(6-7-11)10(14)15/h2-5H,6-8H2,1H3,(H,12,13)(H,14,15). The third-order valence-corrected chi connectivity index (χ3v) is 2.46. The quantitative estimate of drug-likeness (QED) is 0.526. The summed E-state index contributed by atoms with van der Waals surface area (Å²) in [6, 6.07) is 0. The highest BCUT2D eigenvalue weighted by Gasteiger charge is 2.50. The Morgan fingerprint density at radius 3 is 2.53 bits per heavy atom. The van der Waals surface area contributed by atoms with Crippen molar-refractivity contribution < 1.29 is 14.7 Å². The number of carbonyl (C=O) groups is 2. The molecule has 0 bridgehead atoms. The Labute approximate surface area is 88.7 Å². The predicted molar refractivity (Wildman–Crippen MR) is 56.3 cm³/mol. The van der Waals surface area contributed by atoms with Crippen molar-refractivity contribution in [1.82, 2.24) is 5.32 Å². The number of aliphatic carboxylic acids is 1. The molecule has 1 amide bonds. The molecule has 0 heterocycles.